The lowest BCUT2D eigenvalue weighted by Gasteiger charge is -2.12. The fourth-order valence-electron chi connectivity index (χ4n) is 2.75. The molecule has 2 aromatic heterocycles. The molecule has 8 heteroatoms. The van der Waals surface area contributed by atoms with Crippen molar-refractivity contribution in [2.24, 2.45) is 10.3 Å². The molecule has 0 aliphatic heterocycles. The van der Waals surface area contributed by atoms with Crippen molar-refractivity contribution in [3.8, 4) is 20.9 Å². The predicted molar refractivity (Wildman–Crippen MR) is 126 cm³/mol. The summed E-state index contributed by atoms with van der Waals surface area (Å²) in [4.78, 5) is 2.04. The Labute approximate surface area is 188 Å². The molecule has 2 nitrogen and oxygen atoms in total. The van der Waals surface area contributed by atoms with Gasteiger partial charge in [-0.2, -0.15) is 4.36 Å². The Morgan fingerprint density at radius 1 is 1.19 bits per heavy atom. The van der Waals surface area contributed by atoms with E-state index in [0.29, 0.717) is 22.3 Å². The second-order valence-corrected chi connectivity index (χ2v) is 11.7. The SMILES string of the molecule is CC(C)Cc1cc(-c2cc(Cl)c(-c3ccc(Br)s3)c(N=S)c2N)sc1Br. The standard InChI is InChI=1S/C18H15Br2ClN2S3/c1-8(2)5-9-6-13(26-18(9)20)10-7-11(21)15(17(23-24)16(10)22)12-3-4-14(19)25-12/h3-4,6-8H,5,22H2,1-2H3. The lowest BCUT2D eigenvalue weighted by atomic mass is 10.0. The molecule has 0 fully saturated rings. The monoisotopic (exact) mass is 548 g/mol. The molecule has 0 saturated heterocycles. The van der Waals surface area contributed by atoms with Crippen molar-refractivity contribution in [2.75, 3.05) is 5.73 Å². The predicted octanol–water partition coefficient (Wildman–Crippen LogP) is 8.46. The minimum Gasteiger partial charge on any atom is -0.396 e. The first-order chi connectivity index (χ1) is 12.3. The van der Waals surface area contributed by atoms with Crippen LogP contribution in [0.4, 0.5) is 11.4 Å². The van der Waals surface area contributed by atoms with Crippen LogP contribution >= 0.6 is 66.1 Å². The van der Waals surface area contributed by atoms with Crippen LogP contribution in [0.2, 0.25) is 5.02 Å². The normalized spacial score (nSPS) is 11.3. The van der Waals surface area contributed by atoms with E-state index < -0.39 is 0 Å². The molecule has 0 radical (unpaired) electrons. The van der Waals surface area contributed by atoms with E-state index in [9.17, 15) is 0 Å². The minimum atomic E-state index is 0.562. The second kappa shape index (κ2) is 8.37. The maximum absolute atomic E-state index is 6.63. The summed E-state index contributed by atoms with van der Waals surface area (Å²) in [6.07, 6.45) is 1.00. The molecule has 0 unspecified atom stereocenters. The molecule has 0 saturated carbocycles. The van der Waals surface area contributed by atoms with Crippen molar-refractivity contribution in [2.45, 2.75) is 20.3 Å². The molecule has 3 rings (SSSR count). The highest BCUT2D eigenvalue weighted by Gasteiger charge is 2.21. The Kier molecular flexibility index (Phi) is 6.57. The summed E-state index contributed by atoms with van der Waals surface area (Å²) in [5, 5.41) is 0.599. The second-order valence-electron chi connectivity index (χ2n) is 6.25. The third-order valence-electron chi connectivity index (χ3n) is 3.85. The largest absolute Gasteiger partial charge is 0.396 e. The summed E-state index contributed by atoms with van der Waals surface area (Å²) >= 11 is 22.0. The van der Waals surface area contributed by atoms with Gasteiger partial charge in [-0.15, -0.1) is 22.7 Å². The van der Waals surface area contributed by atoms with Crippen LogP contribution in [0.25, 0.3) is 20.9 Å². The summed E-state index contributed by atoms with van der Waals surface area (Å²) in [5.41, 5.74) is 10.5. The van der Waals surface area contributed by atoms with Gasteiger partial charge in [0.15, 0.2) is 0 Å². The molecule has 0 aliphatic carbocycles. The summed E-state index contributed by atoms with van der Waals surface area (Å²) in [7, 11) is 0. The zero-order valence-corrected chi connectivity index (χ0v) is 20.4. The average Bonchev–Trinajstić information content (AvgIpc) is 3.14. The van der Waals surface area contributed by atoms with Crippen molar-refractivity contribution >= 4 is 89.9 Å². The van der Waals surface area contributed by atoms with E-state index in [-0.39, 0.29) is 0 Å². The molecule has 0 aliphatic rings. The summed E-state index contributed by atoms with van der Waals surface area (Å²) < 4.78 is 6.18. The number of nitrogens with two attached hydrogens (primary N) is 1. The van der Waals surface area contributed by atoms with Gasteiger partial charge in [0.1, 0.15) is 5.69 Å². The minimum absolute atomic E-state index is 0.562. The molecule has 26 heavy (non-hydrogen) atoms. The van der Waals surface area contributed by atoms with Gasteiger partial charge in [-0.25, -0.2) is 0 Å². The van der Waals surface area contributed by atoms with E-state index in [2.05, 4.69) is 56.1 Å². The molecule has 3 aromatic rings. The smallest absolute Gasteiger partial charge is 0.111 e. The van der Waals surface area contributed by atoms with Crippen LogP contribution in [0.15, 0.2) is 36.2 Å². The Morgan fingerprint density at radius 3 is 2.50 bits per heavy atom. The molecule has 136 valence electrons. The van der Waals surface area contributed by atoms with Crippen molar-refractivity contribution in [3.05, 3.63) is 42.4 Å². The van der Waals surface area contributed by atoms with Gasteiger partial charge in [-0.3, -0.25) is 0 Å². The van der Waals surface area contributed by atoms with E-state index in [1.54, 1.807) is 22.7 Å². The molecule has 0 amide bonds. The summed E-state index contributed by atoms with van der Waals surface area (Å²) in [5.74, 6) is 0.576. The molecule has 0 atom stereocenters. The molecule has 1 aromatic carbocycles. The quantitative estimate of drug-likeness (QED) is 0.324. The molecular weight excluding hydrogens is 536 g/mol. The number of nitrogens with zero attached hydrogens (tertiary/aromatic N) is 1. The van der Waals surface area contributed by atoms with E-state index in [1.807, 2.05) is 18.2 Å². The Balaban J connectivity index is 2.16. The highest BCUT2D eigenvalue weighted by molar-refractivity contribution is 9.11. The number of nitrogen functional groups attached to an aromatic ring is 1. The van der Waals surface area contributed by atoms with Crippen LogP contribution in [0.3, 0.4) is 0 Å². The fraction of sp³-hybridized carbons (Fsp3) is 0.222. The van der Waals surface area contributed by atoms with Crippen LogP contribution in [0.5, 0.6) is 0 Å². The van der Waals surface area contributed by atoms with Gasteiger partial charge in [0, 0.05) is 33.3 Å². The Hall–Kier alpha value is -0.310. The van der Waals surface area contributed by atoms with Gasteiger partial charge in [0.2, 0.25) is 0 Å². The van der Waals surface area contributed by atoms with Crippen LogP contribution < -0.4 is 5.73 Å². The first-order valence-corrected chi connectivity index (χ1v) is 11.8. The number of halogens is 3. The summed E-state index contributed by atoms with van der Waals surface area (Å²) in [6, 6.07) is 8.05. The van der Waals surface area contributed by atoms with Crippen molar-refractivity contribution in [1.29, 1.82) is 0 Å². The molecule has 0 bridgehead atoms. The van der Waals surface area contributed by atoms with Crippen LogP contribution in [-0.2, 0) is 18.8 Å². The van der Waals surface area contributed by atoms with Gasteiger partial charge >= 0.3 is 0 Å². The third-order valence-corrected chi connectivity index (χ3v) is 7.97. The number of hydrogen-bond donors (Lipinski definition) is 1. The maximum atomic E-state index is 6.63. The molecule has 2 N–H and O–H groups in total. The Bertz CT molecular complexity index is 979. The lowest BCUT2D eigenvalue weighted by Crippen LogP contribution is -1.93. The van der Waals surface area contributed by atoms with E-state index in [0.717, 1.165) is 34.9 Å². The van der Waals surface area contributed by atoms with Gasteiger partial charge in [0.05, 0.1) is 18.3 Å². The van der Waals surface area contributed by atoms with Crippen molar-refractivity contribution < 1.29 is 0 Å². The first kappa shape index (κ1) is 20.4. The lowest BCUT2D eigenvalue weighted by molar-refractivity contribution is 0.647. The number of rotatable bonds is 5. The number of thiophene rings is 2. The van der Waals surface area contributed by atoms with Gasteiger partial charge in [-0.05, 0) is 74.0 Å². The number of benzene rings is 1. The third kappa shape index (κ3) is 4.08. The number of hydrogen-bond acceptors (Lipinski definition) is 5. The van der Waals surface area contributed by atoms with Crippen molar-refractivity contribution in [1.82, 2.24) is 0 Å². The van der Waals surface area contributed by atoms with E-state index in [4.69, 9.17) is 29.8 Å². The molecule has 0 spiro atoms. The fourth-order valence-corrected chi connectivity index (χ4v) is 6.49. The van der Waals surface area contributed by atoms with E-state index >= 15 is 0 Å². The van der Waals surface area contributed by atoms with Gasteiger partial charge < -0.3 is 5.73 Å². The average molecular weight is 551 g/mol. The van der Waals surface area contributed by atoms with Gasteiger partial charge in [0.25, 0.3) is 0 Å². The Morgan fingerprint density at radius 2 is 1.92 bits per heavy atom. The zero-order chi connectivity index (χ0) is 19.0. The molecule has 2 heterocycles. The van der Waals surface area contributed by atoms with Gasteiger partial charge in [-0.1, -0.05) is 25.4 Å². The first-order valence-electron chi connectivity index (χ1n) is 7.81. The highest BCUT2D eigenvalue weighted by Crippen LogP contribution is 2.49. The number of anilines is 1. The molecular formula is C18H15Br2ClN2S3. The zero-order valence-electron chi connectivity index (χ0n) is 14.0. The van der Waals surface area contributed by atoms with Crippen LogP contribution in [-0.4, -0.2) is 0 Å². The highest BCUT2D eigenvalue weighted by atomic mass is 79.9. The van der Waals surface area contributed by atoms with Crippen LogP contribution in [0, 0.1) is 5.92 Å². The van der Waals surface area contributed by atoms with Crippen LogP contribution in [0.1, 0.15) is 19.4 Å². The topological polar surface area (TPSA) is 38.4 Å². The summed E-state index contributed by atoms with van der Waals surface area (Å²) in [6.45, 7) is 4.41. The van der Waals surface area contributed by atoms with E-state index in [1.165, 1.54) is 5.56 Å². The maximum Gasteiger partial charge on any atom is 0.111 e. The van der Waals surface area contributed by atoms with Crippen molar-refractivity contribution in [3.63, 3.8) is 0 Å².